The first-order chi connectivity index (χ1) is 8.19. The predicted molar refractivity (Wildman–Crippen MR) is 75.1 cm³/mol. The molecule has 0 unspecified atom stereocenters. The molecule has 0 N–H and O–H groups in total. The van der Waals surface area contributed by atoms with E-state index in [0.29, 0.717) is 11.3 Å². The fourth-order valence-corrected chi connectivity index (χ4v) is 1.80. The lowest BCUT2D eigenvalue weighted by molar-refractivity contribution is 0.480. The first kappa shape index (κ1) is 11.9. The molecule has 84 valence electrons. The first-order valence-corrected chi connectivity index (χ1v) is 6.21. The zero-order valence-corrected chi connectivity index (χ0v) is 11.4. The van der Waals surface area contributed by atoms with Crippen molar-refractivity contribution < 1.29 is 4.74 Å². The van der Waals surface area contributed by atoms with E-state index in [9.17, 15) is 0 Å². The van der Waals surface area contributed by atoms with Crippen molar-refractivity contribution in [3.05, 3.63) is 57.2 Å². The SMILES string of the molecule is Cc1ccc(C#N)c(Oc2ccc(I)cc2)c1. The summed E-state index contributed by atoms with van der Waals surface area (Å²) in [6, 6.07) is 15.4. The van der Waals surface area contributed by atoms with Crippen LogP contribution in [0.15, 0.2) is 42.5 Å². The number of hydrogen-bond acceptors (Lipinski definition) is 2. The third-order valence-corrected chi connectivity index (χ3v) is 3.02. The van der Waals surface area contributed by atoms with E-state index < -0.39 is 0 Å². The van der Waals surface area contributed by atoms with Gasteiger partial charge in [-0.2, -0.15) is 5.26 Å². The molecule has 0 spiro atoms. The molecule has 2 rings (SSSR count). The number of benzene rings is 2. The summed E-state index contributed by atoms with van der Waals surface area (Å²) in [5.74, 6) is 1.35. The minimum atomic E-state index is 0.550. The lowest BCUT2D eigenvalue weighted by atomic mass is 10.1. The van der Waals surface area contributed by atoms with Crippen LogP contribution in [0.3, 0.4) is 0 Å². The summed E-state index contributed by atoms with van der Waals surface area (Å²) in [5.41, 5.74) is 1.62. The van der Waals surface area contributed by atoms with Crippen molar-refractivity contribution in [2.24, 2.45) is 0 Å². The molecule has 0 saturated carbocycles. The molecule has 0 fully saturated rings. The van der Waals surface area contributed by atoms with Crippen LogP contribution in [0.1, 0.15) is 11.1 Å². The van der Waals surface area contributed by atoms with Gasteiger partial charge in [-0.05, 0) is 71.5 Å². The highest BCUT2D eigenvalue weighted by Gasteiger charge is 2.04. The summed E-state index contributed by atoms with van der Waals surface area (Å²) >= 11 is 2.24. The van der Waals surface area contributed by atoms with E-state index in [-0.39, 0.29) is 0 Å². The second kappa shape index (κ2) is 5.19. The maximum absolute atomic E-state index is 9.00. The van der Waals surface area contributed by atoms with Gasteiger partial charge in [0.2, 0.25) is 0 Å². The van der Waals surface area contributed by atoms with Crippen LogP contribution in [-0.2, 0) is 0 Å². The van der Waals surface area contributed by atoms with Crippen molar-refractivity contribution in [3.8, 4) is 17.6 Å². The third kappa shape index (κ3) is 2.98. The van der Waals surface area contributed by atoms with Gasteiger partial charge >= 0.3 is 0 Å². The normalized spacial score (nSPS) is 9.71. The van der Waals surface area contributed by atoms with E-state index in [0.717, 1.165) is 14.9 Å². The van der Waals surface area contributed by atoms with Crippen LogP contribution in [0, 0.1) is 21.8 Å². The Balaban J connectivity index is 2.32. The van der Waals surface area contributed by atoms with E-state index in [1.165, 1.54) is 0 Å². The number of nitriles is 1. The number of hydrogen-bond donors (Lipinski definition) is 0. The Hall–Kier alpha value is -1.54. The molecule has 0 saturated heterocycles. The van der Waals surface area contributed by atoms with Crippen molar-refractivity contribution in [1.29, 1.82) is 5.26 Å². The van der Waals surface area contributed by atoms with Crippen LogP contribution in [0.2, 0.25) is 0 Å². The zero-order chi connectivity index (χ0) is 12.3. The summed E-state index contributed by atoms with van der Waals surface area (Å²) < 4.78 is 6.86. The summed E-state index contributed by atoms with van der Waals surface area (Å²) in [6.07, 6.45) is 0. The van der Waals surface area contributed by atoms with Crippen LogP contribution < -0.4 is 4.74 Å². The molecule has 0 aliphatic heterocycles. The number of ether oxygens (including phenoxy) is 1. The van der Waals surface area contributed by atoms with Gasteiger partial charge in [-0.3, -0.25) is 0 Å². The number of halogens is 1. The second-order valence-electron chi connectivity index (χ2n) is 3.67. The lowest BCUT2D eigenvalue weighted by Gasteiger charge is -2.08. The molecule has 0 bridgehead atoms. The van der Waals surface area contributed by atoms with Gasteiger partial charge in [0.05, 0.1) is 5.56 Å². The van der Waals surface area contributed by atoms with Gasteiger partial charge in [-0.15, -0.1) is 0 Å². The molecule has 0 heterocycles. The van der Waals surface area contributed by atoms with E-state index in [1.54, 1.807) is 6.07 Å². The van der Waals surface area contributed by atoms with Crippen molar-refractivity contribution in [1.82, 2.24) is 0 Å². The van der Waals surface area contributed by atoms with Crippen LogP contribution >= 0.6 is 22.6 Å². The van der Waals surface area contributed by atoms with Crippen LogP contribution in [-0.4, -0.2) is 0 Å². The first-order valence-electron chi connectivity index (χ1n) is 5.13. The Labute approximate surface area is 114 Å². The highest BCUT2D eigenvalue weighted by atomic mass is 127. The van der Waals surface area contributed by atoms with Crippen molar-refractivity contribution in [3.63, 3.8) is 0 Å². The summed E-state index contributed by atoms with van der Waals surface area (Å²) in [5, 5.41) is 9.00. The average molecular weight is 335 g/mol. The molecular weight excluding hydrogens is 325 g/mol. The minimum absolute atomic E-state index is 0.550. The molecule has 0 aliphatic rings. The van der Waals surface area contributed by atoms with Gasteiger partial charge in [0.1, 0.15) is 17.6 Å². The third-order valence-electron chi connectivity index (χ3n) is 2.30. The second-order valence-corrected chi connectivity index (χ2v) is 4.91. The lowest BCUT2D eigenvalue weighted by Crippen LogP contribution is -1.89. The molecule has 3 heteroatoms. The quantitative estimate of drug-likeness (QED) is 0.768. The molecule has 2 aromatic rings. The Morgan fingerprint density at radius 3 is 2.47 bits per heavy atom. The summed E-state index contributed by atoms with van der Waals surface area (Å²) in [4.78, 5) is 0. The Kier molecular flexibility index (Phi) is 3.64. The maximum atomic E-state index is 9.00. The Morgan fingerprint density at radius 2 is 1.82 bits per heavy atom. The standard InChI is InChI=1S/C14H10INO/c1-10-2-3-11(9-16)14(8-10)17-13-6-4-12(15)5-7-13/h2-8H,1H3. The fraction of sp³-hybridized carbons (Fsp3) is 0.0714. The highest BCUT2D eigenvalue weighted by Crippen LogP contribution is 2.26. The average Bonchev–Trinajstić information content (AvgIpc) is 2.32. The van der Waals surface area contributed by atoms with Gasteiger partial charge in [0, 0.05) is 3.57 Å². The highest BCUT2D eigenvalue weighted by molar-refractivity contribution is 14.1. The fourth-order valence-electron chi connectivity index (χ4n) is 1.44. The predicted octanol–water partition coefficient (Wildman–Crippen LogP) is 4.26. The van der Waals surface area contributed by atoms with Gasteiger partial charge in [-0.25, -0.2) is 0 Å². The molecule has 0 atom stereocenters. The van der Waals surface area contributed by atoms with Crippen LogP contribution in [0.5, 0.6) is 11.5 Å². The molecule has 2 nitrogen and oxygen atoms in total. The molecule has 0 aliphatic carbocycles. The van der Waals surface area contributed by atoms with Crippen LogP contribution in [0.4, 0.5) is 0 Å². The van der Waals surface area contributed by atoms with Crippen molar-refractivity contribution in [2.75, 3.05) is 0 Å². The summed E-state index contributed by atoms with van der Waals surface area (Å²) in [6.45, 7) is 1.97. The Bertz CT molecular complexity index is 570. The largest absolute Gasteiger partial charge is 0.456 e. The number of aryl methyl sites for hydroxylation is 1. The molecule has 17 heavy (non-hydrogen) atoms. The van der Waals surface area contributed by atoms with E-state index >= 15 is 0 Å². The minimum Gasteiger partial charge on any atom is -0.456 e. The molecule has 0 amide bonds. The van der Waals surface area contributed by atoms with Gasteiger partial charge in [-0.1, -0.05) is 6.07 Å². The van der Waals surface area contributed by atoms with Crippen LogP contribution in [0.25, 0.3) is 0 Å². The molecule has 2 aromatic carbocycles. The molecular formula is C14H10INO. The number of nitrogens with zero attached hydrogens (tertiary/aromatic N) is 1. The van der Waals surface area contributed by atoms with Crippen molar-refractivity contribution in [2.45, 2.75) is 6.92 Å². The maximum Gasteiger partial charge on any atom is 0.145 e. The summed E-state index contributed by atoms with van der Waals surface area (Å²) in [7, 11) is 0. The molecule has 0 radical (unpaired) electrons. The number of rotatable bonds is 2. The van der Waals surface area contributed by atoms with E-state index in [4.69, 9.17) is 10.00 Å². The zero-order valence-electron chi connectivity index (χ0n) is 9.27. The van der Waals surface area contributed by atoms with E-state index in [1.807, 2.05) is 43.3 Å². The van der Waals surface area contributed by atoms with Gasteiger partial charge < -0.3 is 4.74 Å². The monoisotopic (exact) mass is 335 g/mol. The topological polar surface area (TPSA) is 33.0 Å². The van der Waals surface area contributed by atoms with Gasteiger partial charge in [0.15, 0.2) is 0 Å². The van der Waals surface area contributed by atoms with E-state index in [2.05, 4.69) is 28.7 Å². The smallest absolute Gasteiger partial charge is 0.145 e. The van der Waals surface area contributed by atoms with Crippen molar-refractivity contribution >= 4 is 22.6 Å². The molecule has 0 aromatic heterocycles. The van der Waals surface area contributed by atoms with Gasteiger partial charge in [0.25, 0.3) is 0 Å². The Morgan fingerprint density at radius 1 is 1.12 bits per heavy atom.